The maximum absolute atomic E-state index is 12.1. The summed E-state index contributed by atoms with van der Waals surface area (Å²) in [4.78, 5) is 13.8. The van der Waals surface area contributed by atoms with Crippen LogP contribution in [0.5, 0.6) is 5.88 Å². The Labute approximate surface area is 132 Å². The maximum Gasteiger partial charge on any atom is 0.410 e. The van der Waals surface area contributed by atoms with E-state index in [4.69, 9.17) is 9.47 Å². The lowest BCUT2D eigenvalue weighted by atomic mass is 10.1. The van der Waals surface area contributed by atoms with Crippen LogP contribution in [0.15, 0.2) is 6.20 Å². The molecule has 0 saturated carbocycles. The maximum atomic E-state index is 12.1. The highest BCUT2D eigenvalue weighted by atomic mass is 16.6. The van der Waals surface area contributed by atoms with Crippen LogP contribution >= 0.6 is 0 Å². The molecule has 0 aliphatic carbocycles. The summed E-state index contributed by atoms with van der Waals surface area (Å²) in [5.74, 6) is 0.706. The third-order valence-corrected chi connectivity index (χ3v) is 3.64. The van der Waals surface area contributed by atoms with Gasteiger partial charge in [-0.15, -0.1) is 5.10 Å². The second-order valence-electron chi connectivity index (χ2n) is 6.73. The number of hydrogen-bond donors (Lipinski definition) is 0. The predicted molar refractivity (Wildman–Crippen MR) is 84.2 cm³/mol. The second kappa shape index (κ2) is 6.58. The van der Waals surface area contributed by atoms with Crippen LogP contribution in [0.4, 0.5) is 4.79 Å². The molecule has 0 atom stereocenters. The molecular formula is C16H27N3O3. The molecule has 1 aromatic rings. The fraction of sp³-hybridized carbons (Fsp3) is 0.750. The first-order valence-corrected chi connectivity index (χ1v) is 7.96. The Balaban J connectivity index is 1.92. The van der Waals surface area contributed by atoms with Crippen molar-refractivity contribution in [1.82, 2.24) is 14.7 Å². The highest BCUT2D eigenvalue weighted by Gasteiger charge is 2.28. The first-order chi connectivity index (χ1) is 10.3. The number of likely N-dealkylation sites (tertiary alicyclic amines) is 1. The Hall–Kier alpha value is -1.72. The number of piperidine rings is 1. The molecule has 0 spiro atoms. The van der Waals surface area contributed by atoms with Gasteiger partial charge in [0.05, 0.1) is 12.6 Å². The molecule has 0 unspecified atom stereocenters. The van der Waals surface area contributed by atoms with Gasteiger partial charge >= 0.3 is 6.09 Å². The highest BCUT2D eigenvalue weighted by Crippen LogP contribution is 2.26. The second-order valence-corrected chi connectivity index (χ2v) is 6.73. The van der Waals surface area contributed by atoms with Gasteiger partial charge in [-0.25, -0.2) is 4.79 Å². The molecule has 1 saturated heterocycles. The van der Waals surface area contributed by atoms with E-state index in [1.807, 2.05) is 45.5 Å². The minimum atomic E-state index is -0.445. The minimum absolute atomic E-state index is 0.224. The lowest BCUT2D eigenvalue weighted by Gasteiger charge is -2.33. The van der Waals surface area contributed by atoms with Crippen LogP contribution in [0.2, 0.25) is 0 Å². The van der Waals surface area contributed by atoms with Crippen molar-refractivity contribution in [2.75, 3.05) is 19.7 Å². The number of hydrogen-bond acceptors (Lipinski definition) is 4. The predicted octanol–water partition coefficient (Wildman–Crippen LogP) is 3.16. The first kappa shape index (κ1) is 16.6. The molecule has 6 nitrogen and oxygen atoms in total. The molecule has 2 rings (SSSR count). The smallest absolute Gasteiger partial charge is 0.410 e. The summed E-state index contributed by atoms with van der Waals surface area (Å²) in [5.41, 5.74) is 0.607. The molecule has 1 amide bonds. The lowest BCUT2D eigenvalue weighted by molar-refractivity contribution is 0.0184. The number of ether oxygens (including phenoxy) is 2. The monoisotopic (exact) mass is 309 g/mol. The van der Waals surface area contributed by atoms with Crippen molar-refractivity contribution in [1.29, 1.82) is 0 Å². The van der Waals surface area contributed by atoms with Crippen LogP contribution in [0.1, 0.15) is 52.1 Å². The normalized spacial score (nSPS) is 16.7. The SMILES string of the molecule is CCOc1nn(C2CCN(C(=O)OC(C)(C)C)CC2)cc1C. The summed E-state index contributed by atoms with van der Waals surface area (Å²) >= 11 is 0. The standard InChI is InChI=1S/C16H27N3O3/c1-6-21-14-12(2)11-19(17-14)13-7-9-18(10-8-13)15(20)22-16(3,4)5/h11,13H,6-10H2,1-5H3. The molecule has 0 bridgehead atoms. The van der Waals surface area contributed by atoms with E-state index in [0.29, 0.717) is 31.6 Å². The van der Waals surface area contributed by atoms with Crippen molar-refractivity contribution in [2.45, 2.75) is 59.1 Å². The quantitative estimate of drug-likeness (QED) is 0.860. The number of carbonyl (C=O) groups is 1. The molecule has 0 radical (unpaired) electrons. The Morgan fingerprint density at radius 1 is 1.36 bits per heavy atom. The van der Waals surface area contributed by atoms with Crippen molar-refractivity contribution in [2.24, 2.45) is 0 Å². The summed E-state index contributed by atoms with van der Waals surface area (Å²) in [5, 5.41) is 4.51. The number of aryl methyl sites for hydroxylation is 1. The number of carbonyl (C=O) groups excluding carboxylic acids is 1. The van der Waals surface area contributed by atoms with E-state index in [0.717, 1.165) is 18.4 Å². The summed E-state index contributed by atoms with van der Waals surface area (Å²) in [6, 6.07) is 0.312. The van der Waals surface area contributed by atoms with Crippen molar-refractivity contribution >= 4 is 6.09 Å². The Bertz CT molecular complexity index is 511. The van der Waals surface area contributed by atoms with Crippen LogP contribution in [0.3, 0.4) is 0 Å². The zero-order valence-electron chi connectivity index (χ0n) is 14.3. The molecule has 6 heteroatoms. The summed E-state index contributed by atoms with van der Waals surface area (Å²) in [6.45, 7) is 11.6. The average molecular weight is 309 g/mol. The Morgan fingerprint density at radius 2 is 2.00 bits per heavy atom. The van der Waals surface area contributed by atoms with Gasteiger partial charge in [-0.05, 0) is 47.5 Å². The topological polar surface area (TPSA) is 56.6 Å². The molecule has 1 aliphatic rings. The van der Waals surface area contributed by atoms with Gasteiger partial charge in [0, 0.05) is 24.8 Å². The Morgan fingerprint density at radius 3 is 2.55 bits per heavy atom. The third-order valence-electron chi connectivity index (χ3n) is 3.64. The van der Waals surface area contributed by atoms with Crippen LogP contribution in [-0.4, -0.2) is 46.1 Å². The van der Waals surface area contributed by atoms with E-state index in [1.165, 1.54) is 0 Å². The lowest BCUT2D eigenvalue weighted by Crippen LogP contribution is -2.42. The Kier molecular flexibility index (Phi) is 4.98. The van der Waals surface area contributed by atoms with Gasteiger partial charge in [0.1, 0.15) is 5.60 Å². The number of amides is 1. The van der Waals surface area contributed by atoms with Crippen molar-refractivity contribution in [3.05, 3.63) is 11.8 Å². The van der Waals surface area contributed by atoms with Crippen LogP contribution in [0.25, 0.3) is 0 Å². The zero-order chi connectivity index (χ0) is 16.3. The van der Waals surface area contributed by atoms with Gasteiger partial charge in [0.25, 0.3) is 0 Å². The molecule has 22 heavy (non-hydrogen) atoms. The highest BCUT2D eigenvalue weighted by molar-refractivity contribution is 5.68. The molecule has 1 aromatic heterocycles. The number of aromatic nitrogens is 2. The minimum Gasteiger partial charge on any atom is -0.477 e. The molecule has 124 valence electrons. The van der Waals surface area contributed by atoms with Crippen LogP contribution < -0.4 is 4.74 Å². The fourth-order valence-electron chi connectivity index (χ4n) is 2.57. The molecule has 0 N–H and O–H groups in total. The van der Waals surface area contributed by atoms with E-state index in [-0.39, 0.29) is 6.09 Å². The van der Waals surface area contributed by atoms with E-state index in [1.54, 1.807) is 4.90 Å². The van der Waals surface area contributed by atoms with Crippen molar-refractivity contribution < 1.29 is 14.3 Å². The molecular weight excluding hydrogens is 282 g/mol. The van der Waals surface area contributed by atoms with Gasteiger partial charge in [0.15, 0.2) is 0 Å². The van der Waals surface area contributed by atoms with Crippen molar-refractivity contribution in [3.8, 4) is 5.88 Å². The van der Waals surface area contributed by atoms with Gasteiger partial charge in [-0.3, -0.25) is 4.68 Å². The first-order valence-electron chi connectivity index (χ1n) is 7.96. The molecule has 1 aliphatic heterocycles. The number of nitrogens with zero attached hydrogens (tertiary/aromatic N) is 3. The van der Waals surface area contributed by atoms with Crippen LogP contribution in [0, 0.1) is 6.92 Å². The van der Waals surface area contributed by atoms with E-state index in [9.17, 15) is 4.79 Å². The van der Waals surface area contributed by atoms with E-state index < -0.39 is 5.60 Å². The zero-order valence-corrected chi connectivity index (χ0v) is 14.3. The van der Waals surface area contributed by atoms with Gasteiger partial charge < -0.3 is 14.4 Å². The molecule has 1 fully saturated rings. The van der Waals surface area contributed by atoms with E-state index in [2.05, 4.69) is 5.10 Å². The van der Waals surface area contributed by atoms with Gasteiger partial charge in [-0.1, -0.05) is 0 Å². The summed E-state index contributed by atoms with van der Waals surface area (Å²) in [6.07, 6.45) is 3.56. The van der Waals surface area contributed by atoms with Crippen molar-refractivity contribution in [3.63, 3.8) is 0 Å². The average Bonchev–Trinajstić information content (AvgIpc) is 2.79. The summed E-state index contributed by atoms with van der Waals surface area (Å²) < 4.78 is 12.9. The number of rotatable bonds is 3. The third kappa shape index (κ3) is 4.15. The van der Waals surface area contributed by atoms with Crippen LogP contribution in [-0.2, 0) is 4.74 Å². The van der Waals surface area contributed by atoms with Gasteiger partial charge in [-0.2, -0.15) is 0 Å². The largest absolute Gasteiger partial charge is 0.477 e. The summed E-state index contributed by atoms with van der Waals surface area (Å²) in [7, 11) is 0. The van der Waals surface area contributed by atoms with E-state index >= 15 is 0 Å². The molecule has 2 heterocycles. The molecule has 0 aromatic carbocycles. The fourth-order valence-corrected chi connectivity index (χ4v) is 2.57. The van der Waals surface area contributed by atoms with Gasteiger partial charge in [0.2, 0.25) is 5.88 Å².